The van der Waals surface area contributed by atoms with E-state index in [0.29, 0.717) is 24.2 Å². The van der Waals surface area contributed by atoms with Crippen molar-refractivity contribution in [3.05, 3.63) is 35.9 Å². The Kier molecular flexibility index (Phi) is 49.1. The fraction of sp³-hybridized carbons (Fsp3) is 0.688. The number of benzene rings is 1. The van der Waals surface area contributed by atoms with Crippen LogP contribution in [0.4, 0.5) is 0 Å². The molecule has 1 aromatic carbocycles. The molecule has 1 aromatic rings. The van der Waals surface area contributed by atoms with Gasteiger partial charge in [-0.05, 0) is 137 Å². The lowest BCUT2D eigenvalue weighted by Crippen LogP contribution is -2.62. The van der Waals surface area contributed by atoms with Crippen LogP contribution >= 0.6 is 24.4 Å². The van der Waals surface area contributed by atoms with Crippen molar-refractivity contribution in [3.63, 3.8) is 0 Å². The highest BCUT2D eigenvalue weighted by molar-refractivity contribution is 7.98. The fourth-order valence-electron chi connectivity index (χ4n) is 12.8. The van der Waals surface area contributed by atoms with E-state index in [0.717, 1.165) is 0 Å². The van der Waals surface area contributed by atoms with Crippen LogP contribution in [0.2, 0.25) is 0 Å². The third kappa shape index (κ3) is 39.7. The minimum Gasteiger partial charge on any atom is -0.481 e. The lowest BCUT2D eigenvalue weighted by molar-refractivity contribution is -0.144. The number of thiol groups is 1. The predicted molar refractivity (Wildman–Crippen MR) is 461 cm³/mol. The van der Waals surface area contributed by atoms with Gasteiger partial charge < -0.3 is 118 Å². The molecule has 1 aliphatic rings. The van der Waals surface area contributed by atoms with E-state index in [-0.39, 0.29) is 101 Å². The molecule has 15 amide bonds. The van der Waals surface area contributed by atoms with Crippen LogP contribution in [0.25, 0.3) is 0 Å². The number of carbonyl (C=O) groups is 18. The number of carboxylic acids is 3. The number of guanidine groups is 1. The molecule has 0 saturated carbocycles. The zero-order chi connectivity index (χ0) is 93.2. The summed E-state index contributed by atoms with van der Waals surface area (Å²) in [5.41, 5.74) is 23.7. The van der Waals surface area contributed by atoms with E-state index < -0.39 is 246 Å². The van der Waals surface area contributed by atoms with Gasteiger partial charge in [0.1, 0.15) is 84.6 Å². The van der Waals surface area contributed by atoms with Gasteiger partial charge in [-0.1, -0.05) is 113 Å². The average molecular weight is 1780 g/mol. The Balaban J connectivity index is 2.37. The first-order valence-corrected chi connectivity index (χ1v) is 43.5. The molecule has 41 nitrogen and oxygen atoms in total. The molecule has 0 unspecified atom stereocenters. The summed E-state index contributed by atoms with van der Waals surface area (Å²) in [6.45, 7) is 20.5. The number of amides is 15. The second-order valence-corrected chi connectivity index (χ2v) is 34.1. The summed E-state index contributed by atoms with van der Waals surface area (Å²) >= 11 is 5.61. The average Bonchev–Trinajstić information content (AvgIpc) is 1.68. The molecule has 0 radical (unpaired) electrons. The van der Waals surface area contributed by atoms with Gasteiger partial charge in [0.2, 0.25) is 88.6 Å². The van der Waals surface area contributed by atoms with Gasteiger partial charge in [0.25, 0.3) is 0 Å². The lowest BCUT2D eigenvalue weighted by Gasteiger charge is -2.31. The second kappa shape index (κ2) is 55.6. The standard InChI is InChI=1S/C80H134N20O21S2/c1-40(2)34-52(92-71(112)53(37-60(104)105)93-73(114)57-26-21-32-100(57)78(119)54(36-47-22-16-15-17-23-47)94-74(115)61(82)42(5)6)66(107)86-38-58(101)97-62(43(7)8)75(116)91-49(25-20-31-85-80(83)84)70(111)98-64(45(11)12)77(118)99-63(44(9)10)76(117)96-56(39-122)72(113)89-50(27-28-59(102)103)69(110)88-48(24-18-19-30-81)68(109)90-51(29-33-123-14)67(108)87-46(13)65(106)95-55(79(120)121)35-41(3)4/h15-17,22-23,40-46,48-57,61-64,122H,18-21,24-39,81-82H2,1-14H3,(H,86,107)(H,87,108)(H,88,110)(H,89,113)(H,90,109)(H,91,116)(H,92,112)(H,93,114)(H,94,115)(H,95,106)(H,96,117)(H,97,101)(H,98,111)(H,99,118)(H,102,103)(H,104,105)(H,120,121)(H4,83,84,85)/t46-,48-,49-,50-,51-,52-,53-,54-,55-,56-,57-,61-,62-,63-,64-/m0/s1. The minimum absolute atomic E-state index is 0.0287. The number of thioether (sulfide) groups is 1. The molecule has 1 saturated heterocycles. The van der Waals surface area contributed by atoms with E-state index in [1.165, 1.54) is 23.6 Å². The molecule has 25 N–H and O–H groups in total. The van der Waals surface area contributed by atoms with Crippen LogP contribution < -0.4 is 97.4 Å². The van der Waals surface area contributed by atoms with Crippen molar-refractivity contribution in [1.29, 1.82) is 0 Å². The van der Waals surface area contributed by atoms with Crippen molar-refractivity contribution in [1.82, 2.24) is 79.3 Å². The quantitative estimate of drug-likeness (QED) is 0.0134. The molecule has 0 aliphatic carbocycles. The van der Waals surface area contributed by atoms with Crippen LogP contribution in [0, 0.1) is 35.5 Å². The Morgan fingerprint density at radius 3 is 1.45 bits per heavy atom. The molecule has 0 spiro atoms. The zero-order valence-electron chi connectivity index (χ0n) is 72.9. The molecule has 1 aliphatic heterocycles. The maximum Gasteiger partial charge on any atom is 0.326 e. The monoisotopic (exact) mass is 1770 g/mol. The molecule has 1 fully saturated rings. The highest BCUT2D eigenvalue weighted by Crippen LogP contribution is 2.22. The van der Waals surface area contributed by atoms with Crippen molar-refractivity contribution < 1.29 is 102 Å². The zero-order valence-corrected chi connectivity index (χ0v) is 74.6. The van der Waals surface area contributed by atoms with Gasteiger partial charge in [0, 0.05) is 31.7 Å². The number of nitrogens with zero attached hydrogens (tertiary/aromatic N) is 2. The van der Waals surface area contributed by atoms with Crippen LogP contribution in [0.1, 0.15) is 179 Å². The first-order chi connectivity index (χ1) is 57.7. The number of aliphatic imine (C=N–C) groups is 1. The van der Waals surface area contributed by atoms with E-state index in [9.17, 15) is 102 Å². The molecule has 43 heteroatoms. The molecule has 692 valence electrons. The first kappa shape index (κ1) is 109. The summed E-state index contributed by atoms with van der Waals surface area (Å²) in [4.78, 5) is 252. The van der Waals surface area contributed by atoms with Crippen molar-refractivity contribution in [2.75, 3.05) is 43.9 Å². The number of rotatable bonds is 57. The topological polar surface area (TPSA) is 656 Å². The number of carbonyl (C=O) groups excluding carboxylic acids is 15. The van der Waals surface area contributed by atoms with Crippen molar-refractivity contribution >= 4 is 137 Å². The molecule has 15 atom stereocenters. The van der Waals surface area contributed by atoms with E-state index in [2.05, 4.69) is 92.1 Å². The number of hydrogen-bond acceptors (Lipinski definition) is 23. The third-order valence-corrected chi connectivity index (χ3v) is 20.9. The number of nitrogens with one attached hydrogen (secondary N) is 14. The lowest BCUT2D eigenvalue weighted by atomic mass is 9.98. The van der Waals surface area contributed by atoms with Crippen LogP contribution in [0.15, 0.2) is 35.3 Å². The van der Waals surface area contributed by atoms with Gasteiger partial charge >= 0.3 is 17.9 Å². The SMILES string of the molecule is CSCC[C@H](NC(=O)[C@H](CCCCN)NC(=O)[C@H](CCC(=O)O)NC(=O)[C@H](CS)NC(=O)[C@@H](NC(=O)[C@@H](NC(=O)[C@H](CCCN=C(N)N)NC(=O)[C@@H](NC(=O)CNC(=O)[C@H](CC(C)C)NC(=O)[C@H](CC(=O)O)NC(=O)[C@@H]1CCCN1C(=O)[C@H](Cc1ccccc1)NC(=O)[C@@H](N)C(C)C)C(C)C)C(C)C)C(C)C)C(=O)N[C@@H](C)C(=O)N[C@@H](CC(C)C)C(=O)O. The number of nitrogens with two attached hydrogens (primary N) is 4. The van der Waals surface area contributed by atoms with E-state index >= 15 is 0 Å². The van der Waals surface area contributed by atoms with Gasteiger partial charge in [-0.15, -0.1) is 0 Å². The fourth-order valence-corrected chi connectivity index (χ4v) is 13.6. The Morgan fingerprint density at radius 1 is 0.488 bits per heavy atom. The summed E-state index contributed by atoms with van der Waals surface area (Å²) in [7, 11) is 0. The molecule has 0 aromatic heterocycles. The van der Waals surface area contributed by atoms with E-state index in [4.69, 9.17) is 22.9 Å². The Labute approximate surface area is 728 Å². The number of carboxylic acid groups (broad SMARTS) is 3. The smallest absolute Gasteiger partial charge is 0.326 e. The number of likely N-dealkylation sites (tertiary alicyclic amines) is 1. The molecule has 2 rings (SSSR count). The van der Waals surface area contributed by atoms with Gasteiger partial charge in [-0.2, -0.15) is 24.4 Å². The van der Waals surface area contributed by atoms with Gasteiger partial charge in [0.05, 0.1) is 19.0 Å². The van der Waals surface area contributed by atoms with Crippen LogP contribution in [-0.4, -0.2) is 267 Å². The third-order valence-electron chi connectivity index (χ3n) is 19.9. The van der Waals surface area contributed by atoms with Gasteiger partial charge in [-0.25, -0.2) is 4.79 Å². The van der Waals surface area contributed by atoms with Crippen LogP contribution in [0.3, 0.4) is 0 Å². The summed E-state index contributed by atoms with van der Waals surface area (Å²) in [6, 6.07) is -12.1. The summed E-state index contributed by atoms with van der Waals surface area (Å²) in [6.07, 6.45) is 0.527. The Morgan fingerprint density at radius 2 is 0.943 bits per heavy atom. The second-order valence-electron chi connectivity index (χ2n) is 32.7. The highest BCUT2D eigenvalue weighted by Gasteiger charge is 2.43. The number of aliphatic carboxylic acids is 3. The predicted octanol–water partition coefficient (Wildman–Crippen LogP) is -3.01. The van der Waals surface area contributed by atoms with Gasteiger partial charge in [0.15, 0.2) is 5.96 Å². The Bertz CT molecular complexity index is 3760. The minimum atomic E-state index is -1.79. The highest BCUT2D eigenvalue weighted by atomic mass is 32.2. The number of unbranched alkanes of at least 4 members (excludes halogenated alkanes) is 1. The molecular formula is C80H134N20O21S2. The Hall–Kier alpha value is -10.4. The summed E-state index contributed by atoms with van der Waals surface area (Å²) in [5, 5.41) is 64.9. The van der Waals surface area contributed by atoms with Gasteiger partial charge in [-0.3, -0.25) is 86.5 Å². The molecule has 1 heterocycles. The van der Waals surface area contributed by atoms with E-state index in [1.807, 2.05) is 0 Å². The normalized spacial score (nSPS) is 16.0. The molecule has 123 heavy (non-hydrogen) atoms. The van der Waals surface area contributed by atoms with Crippen molar-refractivity contribution in [2.24, 2.45) is 63.4 Å². The maximum absolute atomic E-state index is 14.5. The first-order valence-electron chi connectivity index (χ1n) is 41.5. The maximum atomic E-state index is 14.5. The van der Waals surface area contributed by atoms with Crippen LogP contribution in [-0.2, 0) is 92.7 Å². The molecular weight excluding hydrogens is 1640 g/mol. The van der Waals surface area contributed by atoms with Crippen molar-refractivity contribution in [3.8, 4) is 0 Å². The van der Waals surface area contributed by atoms with Crippen molar-refractivity contribution in [2.45, 2.75) is 271 Å². The number of hydrogen-bond donors (Lipinski definition) is 22. The van der Waals surface area contributed by atoms with Crippen LogP contribution in [0.5, 0.6) is 0 Å². The summed E-state index contributed by atoms with van der Waals surface area (Å²) in [5.74, 6) is -20.8. The van der Waals surface area contributed by atoms with E-state index in [1.54, 1.807) is 120 Å². The summed E-state index contributed by atoms with van der Waals surface area (Å²) < 4.78 is 0. The largest absolute Gasteiger partial charge is 0.481 e. The molecule has 0 bridgehead atoms.